The third-order valence-electron chi connectivity index (χ3n) is 3.45. The summed E-state index contributed by atoms with van der Waals surface area (Å²) in [5, 5.41) is 11.0. The van der Waals surface area contributed by atoms with E-state index in [2.05, 4.69) is 4.74 Å². The van der Waals surface area contributed by atoms with Gasteiger partial charge >= 0.3 is 11.7 Å². The van der Waals surface area contributed by atoms with Crippen LogP contribution in [-0.4, -0.2) is 48.5 Å². The van der Waals surface area contributed by atoms with Crippen LogP contribution in [0.5, 0.6) is 5.75 Å². The van der Waals surface area contributed by atoms with Crippen molar-refractivity contribution in [1.29, 1.82) is 0 Å². The Bertz CT molecular complexity index is 611. The largest absolute Gasteiger partial charge is 0.490 e. The molecule has 0 aliphatic heterocycles. The predicted molar refractivity (Wildman–Crippen MR) is 77.8 cm³/mol. The van der Waals surface area contributed by atoms with Crippen LogP contribution in [0, 0.1) is 10.1 Å². The zero-order valence-electron chi connectivity index (χ0n) is 13.1. The number of nitrogens with zero attached hydrogens (tertiary/aromatic N) is 2. The van der Waals surface area contributed by atoms with Gasteiger partial charge in [0.1, 0.15) is 5.54 Å². The lowest BCUT2D eigenvalue weighted by Crippen LogP contribution is -2.51. The predicted octanol–water partition coefficient (Wildman–Crippen LogP) is 1.63. The highest BCUT2D eigenvalue weighted by Crippen LogP contribution is 2.28. The first-order valence-corrected chi connectivity index (χ1v) is 6.35. The molecule has 1 amide bonds. The smallest absolute Gasteiger partial charge is 0.331 e. The fourth-order valence-corrected chi connectivity index (χ4v) is 1.80. The molecule has 120 valence electrons. The minimum atomic E-state index is -1.21. The average molecular weight is 310 g/mol. The van der Waals surface area contributed by atoms with Crippen molar-refractivity contribution in [3.8, 4) is 5.75 Å². The second kappa shape index (κ2) is 6.42. The van der Waals surface area contributed by atoms with Crippen molar-refractivity contribution in [2.24, 2.45) is 0 Å². The van der Waals surface area contributed by atoms with Gasteiger partial charge in [-0.15, -0.1) is 0 Å². The first-order valence-electron chi connectivity index (χ1n) is 6.35. The van der Waals surface area contributed by atoms with Gasteiger partial charge in [0.25, 0.3) is 5.91 Å². The summed E-state index contributed by atoms with van der Waals surface area (Å²) in [5.74, 6) is -1.08. The number of benzene rings is 1. The van der Waals surface area contributed by atoms with Gasteiger partial charge in [-0.3, -0.25) is 14.9 Å². The van der Waals surface area contributed by atoms with Crippen molar-refractivity contribution < 1.29 is 24.0 Å². The van der Waals surface area contributed by atoms with Crippen molar-refractivity contribution >= 4 is 17.6 Å². The van der Waals surface area contributed by atoms with E-state index in [0.29, 0.717) is 0 Å². The zero-order valence-corrected chi connectivity index (χ0v) is 13.1. The molecule has 1 rings (SSSR count). The second-order valence-electron chi connectivity index (χ2n) is 5.06. The maximum atomic E-state index is 12.4. The van der Waals surface area contributed by atoms with E-state index in [1.165, 1.54) is 52.1 Å². The van der Waals surface area contributed by atoms with E-state index in [0.717, 1.165) is 6.07 Å². The molecule has 0 aliphatic carbocycles. The number of amides is 1. The minimum absolute atomic E-state index is 0.0523. The lowest BCUT2D eigenvalue weighted by atomic mass is 10.0. The molecule has 8 heteroatoms. The molecule has 0 fully saturated rings. The topological polar surface area (TPSA) is 99.0 Å². The van der Waals surface area contributed by atoms with E-state index in [9.17, 15) is 19.7 Å². The SMILES string of the molecule is COC(=O)C(C)(C)N(C)C(=O)c1ccc(OC)c([N+](=O)[O-])c1. The fraction of sp³-hybridized carbons (Fsp3) is 0.429. The van der Waals surface area contributed by atoms with Crippen molar-refractivity contribution in [3.05, 3.63) is 33.9 Å². The van der Waals surface area contributed by atoms with E-state index in [-0.39, 0.29) is 17.0 Å². The number of ether oxygens (including phenoxy) is 2. The van der Waals surface area contributed by atoms with Gasteiger partial charge in [0.15, 0.2) is 5.75 Å². The molecular weight excluding hydrogens is 292 g/mol. The van der Waals surface area contributed by atoms with Crippen molar-refractivity contribution in [1.82, 2.24) is 4.90 Å². The lowest BCUT2D eigenvalue weighted by Gasteiger charge is -2.32. The summed E-state index contributed by atoms with van der Waals surface area (Å²) in [6.07, 6.45) is 0. The van der Waals surface area contributed by atoms with Crippen LogP contribution in [0.2, 0.25) is 0 Å². The number of methoxy groups -OCH3 is 2. The van der Waals surface area contributed by atoms with Crippen molar-refractivity contribution in [2.45, 2.75) is 19.4 Å². The van der Waals surface area contributed by atoms with Gasteiger partial charge < -0.3 is 14.4 Å². The van der Waals surface area contributed by atoms with Crippen LogP contribution in [-0.2, 0) is 9.53 Å². The third kappa shape index (κ3) is 3.16. The van der Waals surface area contributed by atoms with Crippen LogP contribution >= 0.6 is 0 Å². The number of carbonyl (C=O) groups is 2. The Labute approximate surface area is 127 Å². The molecule has 0 aromatic heterocycles. The van der Waals surface area contributed by atoms with E-state index >= 15 is 0 Å². The summed E-state index contributed by atoms with van der Waals surface area (Å²) >= 11 is 0. The number of esters is 1. The minimum Gasteiger partial charge on any atom is -0.490 e. The molecule has 0 heterocycles. The number of rotatable bonds is 5. The van der Waals surface area contributed by atoms with Crippen LogP contribution in [0.15, 0.2) is 18.2 Å². The Morgan fingerprint density at radius 3 is 2.32 bits per heavy atom. The zero-order chi connectivity index (χ0) is 17.1. The lowest BCUT2D eigenvalue weighted by molar-refractivity contribution is -0.385. The summed E-state index contributed by atoms with van der Waals surface area (Å²) in [4.78, 5) is 35.7. The van der Waals surface area contributed by atoms with E-state index < -0.39 is 22.3 Å². The molecule has 22 heavy (non-hydrogen) atoms. The Morgan fingerprint density at radius 1 is 1.27 bits per heavy atom. The molecule has 0 N–H and O–H groups in total. The Balaban J connectivity index is 3.21. The van der Waals surface area contributed by atoms with Gasteiger partial charge in [0, 0.05) is 18.7 Å². The Morgan fingerprint density at radius 2 is 1.86 bits per heavy atom. The van der Waals surface area contributed by atoms with Gasteiger partial charge in [-0.2, -0.15) is 0 Å². The highest BCUT2D eigenvalue weighted by molar-refractivity contribution is 5.98. The summed E-state index contributed by atoms with van der Waals surface area (Å²) < 4.78 is 9.54. The Hall–Kier alpha value is -2.64. The molecule has 1 aromatic carbocycles. The van der Waals surface area contributed by atoms with Gasteiger partial charge in [-0.05, 0) is 26.0 Å². The van der Waals surface area contributed by atoms with Crippen LogP contribution in [0.1, 0.15) is 24.2 Å². The number of hydrogen-bond donors (Lipinski definition) is 0. The van der Waals surface area contributed by atoms with Crippen LogP contribution in [0.25, 0.3) is 0 Å². The Kier molecular flexibility index (Phi) is 5.08. The second-order valence-corrected chi connectivity index (χ2v) is 5.06. The van der Waals surface area contributed by atoms with Gasteiger partial charge in [-0.25, -0.2) is 4.79 Å². The molecule has 0 unspecified atom stereocenters. The highest BCUT2D eigenvalue weighted by Gasteiger charge is 2.37. The van der Waals surface area contributed by atoms with Crippen LogP contribution in [0.3, 0.4) is 0 Å². The molecule has 0 saturated carbocycles. The number of nitro groups is 1. The van der Waals surface area contributed by atoms with Crippen LogP contribution in [0.4, 0.5) is 5.69 Å². The summed E-state index contributed by atoms with van der Waals surface area (Å²) in [6.45, 7) is 3.04. The highest BCUT2D eigenvalue weighted by atomic mass is 16.6. The monoisotopic (exact) mass is 310 g/mol. The van der Waals surface area contributed by atoms with E-state index in [1.54, 1.807) is 0 Å². The van der Waals surface area contributed by atoms with Crippen molar-refractivity contribution in [3.63, 3.8) is 0 Å². The number of nitro benzene ring substituents is 1. The molecule has 1 aromatic rings. The quantitative estimate of drug-likeness (QED) is 0.465. The standard InChI is InChI=1S/C14H18N2O6/c1-14(2,13(18)22-5)15(3)12(17)9-6-7-11(21-4)10(8-9)16(19)20/h6-8H,1-5H3. The maximum Gasteiger partial charge on any atom is 0.331 e. The third-order valence-corrected chi connectivity index (χ3v) is 3.45. The molecule has 8 nitrogen and oxygen atoms in total. The normalized spacial score (nSPS) is 10.8. The first-order chi connectivity index (χ1) is 10.2. The van der Waals surface area contributed by atoms with Gasteiger partial charge in [-0.1, -0.05) is 0 Å². The molecular formula is C14H18N2O6. The number of carbonyl (C=O) groups excluding carboxylic acids is 2. The van der Waals surface area contributed by atoms with Crippen molar-refractivity contribution in [2.75, 3.05) is 21.3 Å². The number of hydrogen-bond acceptors (Lipinski definition) is 6. The van der Waals surface area contributed by atoms with Crippen LogP contribution < -0.4 is 4.74 Å². The maximum absolute atomic E-state index is 12.4. The molecule has 0 aliphatic rings. The fourth-order valence-electron chi connectivity index (χ4n) is 1.80. The molecule has 0 atom stereocenters. The first kappa shape index (κ1) is 17.4. The molecule has 0 radical (unpaired) electrons. The average Bonchev–Trinajstić information content (AvgIpc) is 2.51. The molecule has 0 bridgehead atoms. The summed E-state index contributed by atoms with van der Waals surface area (Å²) in [6, 6.07) is 3.85. The summed E-state index contributed by atoms with van der Waals surface area (Å²) in [7, 11) is 3.95. The molecule has 0 spiro atoms. The van der Waals surface area contributed by atoms with Gasteiger partial charge in [0.05, 0.1) is 19.1 Å². The summed E-state index contributed by atoms with van der Waals surface area (Å²) in [5.41, 5.74) is -1.45. The number of likely N-dealkylation sites (N-methyl/N-ethyl adjacent to an activating group) is 1. The van der Waals surface area contributed by atoms with E-state index in [4.69, 9.17) is 4.74 Å². The van der Waals surface area contributed by atoms with Gasteiger partial charge in [0.2, 0.25) is 0 Å². The molecule has 0 saturated heterocycles. The van der Waals surface area contributed by atoms with E-state index in [1.807, 2.05) is 0 Å².